The van der Waals surface area contributed by atoms with Crippen molar-refractivity contribution in [2.45, 2.75) is 18.9 Å². The summed E-state index contributed by atoms with van der Waals surface area (Å²) >= 11 is 0. The molecule has 0 amide bonds. The van der Waals surface area contributed by atoms with Gasteiger partial charge in [0.1, 0.15) is 5.82 Å². The van der Waals surface area contributed by atoms with Gasteiger partial charge in [0, 0.05) is 26.3 Å². The van der Waals surface area contributed by atoms with Crippen molar-refractivity contribution in [3.05, 3.63) is 35.7 Å². The number of ether oxygens (including phenoxy) is 1. The lowest BCUT2D eigenvalue weighted by Gasteiger charge is -2.33. The minimum absolute atomic E-state index is 0.257. The van der Waals surface area contributed by atoms with Crippen molar-refractivity contribution < 1.29 is 19.0 Å². The molecule has 1 N–H and O–H groups in total. The van der Waals surface area contributed by atoms with Crippen molar-refractivity contribution in [2.75, 3.05) is 25.1 Å². The normalized spacial score (nSPS) is 16.8. The lowest BCUT2D eigenvalue weighted by molar-refractivity contribution is -0.131. The third kappa shape index (κ3) is 3.57. The summed E-state index contributed by atoms with van der Waals surface area (Å²) in [5.41, 5.74) is 1.10. The second-order valence-electron chi connectivity index (χ2n) is 4.80. The van der Waals surface area contributed by atoms with Crippen LogP contribution in [0.5, 0.6) is 0 Å². The van der Waals surface area contributed by atoms with Crippen molar-refractivity contribution in [1.82, 2.24) is 0 Å². The second-order valence-corrected chi connectivity index (χ2v) is 4.80. The van der Waals surface area contributed by atoms with E-state index in [9.17, 15) is 9.18 Å². The maximum atomic E-state index is 14.1. The molecule has 1 aromatic carbocycles. The number of hydrogen-bond acceptors (Lipinski definition) is 3. The molecule has 4 nitrogen and oxygen atoms in total. The Bertz CT molecular complexity index is 508. The second kappa shape index (κ2) is 6.52. The summed E-state index contributed by atoms with van der Waals surface area (Å²) in [6.07, 6.45) is 4.41. The Balaban J connectivity index is 2.08. The standard InChI is InChI=1S/C15H18FNO3/c1-20-12-6-8-17(9-7-12)14-4-2-11(10-13(14)16)3-5-15(18)19/h2-5,10,12H,6-9H2,1H3,(H,18,19)/b5-3+. The van der Waals surface area contributed by atoms with Gasteiger partial charge >= 0.3 is 5.97 Å². The summed E-state index contributed by atoms with van der Waals surface area (Å²) in [4.78, 5) is 12.4. The Labute approximate surface area is 117 Å². The monoisotopic (exact) mass is 279 g/mol. The SMILES string of the molecule is COC1CCN(c2ccc(/C=C/C(=O)O)cc2F)CC1. The molecule has 1 aliphatic heterocycles. The number of piperidine rings is 1. The van der Waals surface area contributed by atoms with E-state index in [2.05, 4.69) is 0 Å². The fourth-order valence-corrected chi connectivity index (χ4v) is 2.38. The van der Waals surface area contributed by atoms with Gasteiger partial charge in [-0.25, -0.2) is 9.18 Å². The highest BCUT2D eigenvalue weighted by atomic mass is 19.1. The number of rotatable bonds is 4. The molecular formula is C15H18FNO3. The zero-order valence-electron chi connectivity index (χ0n) is 11.4. The summed E-state index contributed by atoms with van der Waals surface area (Å²) in [6.45, 7) is 1.53. The van der Waals surface area contributed by atoms with E-state index in [1.165, 1.54) is 12.1 Å². The van der Waals surface area contributed by atoms with Crippen molar-refractivity contribution in [3.63, 3.8) is 0 Å². The fourth-order valence-electron chi connectivity index (χ4n) is 2.38. The maximum Gasteiger partial charge on any atom is 0.328 e. The van der Waals surface area contributed by atoms with E-state index in [0.717, 1.165) is 32.0 Å². The molecule has 0 atom stereocenters. The number of nitrogens with zero attached hydrogens (tertiary/aromatic N) is 1. The predicted octanol–water partition coefficient (Wildman–Crippen LogP) is 2.54. The molecule has 0 bridgehead atoms. The molecule has 20 heavy (non-hydrogen) atoms. The van der Waals surface area contributed by atoms with Crippen molar-refractivity contribution in [3.8, 4) is 0 Å². The molecule has 0 aliphatic carbocycles. The molecule has 1 fully saturated rings. The first kappa shape index (κ1) is 14.5. The van der Waals surface area contributed by atoms with Gasteiger partial charge in [-0.2, -0.15) is 0 Å². The van der Waals surface area contributed by atoms with Crippen LogP contribution < -0.4 is 4.90 Å². The first-order valence-electron chi connectivity index (χ1n) is 6.58. The van der Waals surface area contributed by atoms with E-state index in [1.807, 2.05) is 4.90 Å². The highest BCUT2D eigenvalue weighted by molar-refractivity contribution is 5.85. The molecule has 108 valence electrons. The van der Waals surface area contributed by atoms with Crippen LogP contribution in [0.1, 0.15) is 18.4 Å². The van der Waals surface area contributed by atoms with E-state index in [-0.39, 0.29) is 11.9 Å². The zero-order valence-corrected chi connectivity index (χ0v) is 11.4. The molecular weight excluding hydrogens is 261 g/mol. The molecule has 2 rings (SSSR count). The largest absolute Gasteiger partial charge is 0.478 e. The zero-order chi connectivity index (χ0) is 14.5. The molecule has 5 heteroatoms. The van der Waals surface area contributed by atoms with Gasteiger partial charge in [0.2, 0.25) is 0 Å². The molecule has 0 spiro atoms. The Morgan fingerprint density at radius 1 is 1.45 bits per heavy atom. The molecule has 0 saturated carbocycles. The number of carboxylic acid groups (broad SMARTS) is 1. The van der Waals surface area contributed by atoms with Gasteiger partial charge in [0.15, 0.2) is 0 Å². The van der Waals surface area contributed by atoms with Gasteiger partial charge < -0.3 is 14.7 Å². The van der Waals surface area contributed by atoms with Crippen molar-refractivity contribution in [1.29, 1.82) is 0 Å². The molecule has 1 heterocycles. The molecule has 0 aromatic heterocycles. The molecule has 0 radical (unpaired) electrons. The Morgan fingerprint density at radius 3 is 2.70 bits per heavy atom. The number of anilines is 1. The van der Waals surface area contributed by atoms with Crippen LogP contribution >= 0.6 is 0 Å². The summed E-state index contributed by atoms with van der Waals surface area (Å²) in [6, 6.07) is 4.78. The van der Waals surface area contributed by atoms with Crippen molar-refractivity contribution in [2.24, 2.45) is 0 Å². The Kier molecular flexibility index (Phi) is 4.74. The topological polar surface area (TPSA) is 49.8 Å². The number of hydrogen-bond donors (Lipinski definition) is 1. The summed E-state index contributed by atoms with van der Waals surface area (Å²) in [7, 11) is 1.70. The molecule has 1 aliphatic rings. The van der Waals surface area contributed by atoms with Crippen molar-refractivity contribution >= 4 is 17.7 Å². The van der Waals surface area contributed by atoms with Crippen LogP contribution in [-0.4, -0.2) is 37.4 Å². The Hall–Kier alpha value is -1.88. The summed E-state index contributed by atoms with van der Waals surface area (Å²) in [5, 5.41) is 8.55. The summed E-state index contributed by atoms with van der Waals surface area (Å²) < 4.78 is 19.4. The highest BCUT2D eigenvalue weighted by Gasteiger charge is 2.20. The minimum Gasteiger partial charge on any atom is -0.478 e. The number of aliphatic carboxylic acids is 1. The Morgan fingerprint density at radius 2 is 2.15 bits per heavy atom. The first-order valence-corrected chi connectivity index (χ1v) is 6.58. The average Bonchev–Trinajstić information content (AvgIpc) is 2.45. The summed E-state index contributed by atoms with van der Waals surface area (Å²) in [5.74, 6) is -1.37. The van der Waals surface area contributed by atoms with Gasteiger partial charge in [-0.15, -0.1) is 0 Å². The molecule has 0 unspecified atom stereocenters. The minimum atomic E-state index is -1.05. The van der Waals surface area contributed by atoms with Gasteiger partial charge in [0.05, 0.1) is 11.8 Å². The van der Waals surface area contributed by atoms with E-state index < -0.39 is 5.97 Å². The number of carbonyl (C=O) groups is 1. The van der Waals surface area contributed by atoms with Crippen LogP contribution in [0.15, 0.2) is 24.3 Å². The predicted molar refractivity (Wildman–Crippen MR) is 75.3 cm³/mol. The van der Waals surface area contributed by atoms with Gasteiger partial charge in [-0.05, 0) is 36.6 Å². The molecule has 1 aromatic rings. The van der Waals surface area contributed by atoms with Crippen LogP contribution in [0.25, 0.3) is 6.08 Å². The van der Waals surface area contributed by atoms with Crippen LogP contribution in [-0.2, 0) is 9.53 Å². The third-order valence-electron chi connectivity index (χ3n) is 3.51. The fraction of sp³-hybridized carbons (Fsp3) is 0.400. The lowest BCUT2D eigenvalue weighted by Crippen LogP contribution is -2.37. The number of carboxylic acids is 1. The smallest absolute Gasteiger partial charge is 0.328 e. The van der Waals surface area contributed by atoms with Crippen LogP contribution in [0.2, 0.25) is 0 Å². The van der Waals surface area contributed by atoms with Gasteiger partial charge in [-0.3, -0.25) is 0 Å². The number of methoxy groups -OCH3 is 1. The number of halogens is 1. The van der Waals surface area contributed by atoms with Crippen LogP contribution in [0, 0.1) is 5.82 Å². The van der Waals surface area contributed by atoms with Crippen LogP contribution in [0.4, 0.5) is 10.1 Å². The van der Waals surface area contributed by atoms with E-state index in [0.29, 0.717) is 11.3 Å². The van der Waals surface area contributed by atoms with E-state index in [1.54, 1.807) is 19.2 Å². The average molecular weight is 279 g/mol. The van der Waals surface area contributed by atoms with Crippen LogP contribution in [0.3, 0.4) is 0 Å². The number of benzene rings is 1. The molecule has 1 saturated heterocycles. The lowest BCUT2D eigenvalue weighted by atomic mass is 10.1. The highest BCUT2D eigenvalue weighted by Crippen LogP contribution is 2.25. The third-order valence-corrected chi connectivity index (χ3v) is 3.51. The van der Waals surface area contributed by atoms with E-state index in [4.69, 9.17) is 9.84 Å². The first-order chi connectivity index (χ1) is 9.60. The quantitative estimate of drug-likeness (QED) is 0.860. The van der Waals surface area contributed by atoms with E-state index >= 15 is 0 Å². The van der Waals surface area contributed by atoms with Gasteiger partial charge in [-0.1, -0.05) is 6.07 Å². The van der Waals surface area contributed by atoms with Gasteiger partial charge in [0.25, 0.3) is 0 Å². The maximum absolute atomic E-state index is 14.1.